The molecule has 1 aromatic rings. The van der Waals surface area contributed by atoms with Crippen LogP contribution in [0.15, 0.2) is 58.7 Å². The summed E-state index contributed by atoms with van der Waals surface area (Å²) in [6.07, 6.45) is 14.5. The summed E-state index contributed by atoms with van der Waals surface area (Å²) in [7, 11) is 4.20. The average molecular weight is 788 g/mol. The second kappa shape index (κ2) is 15.1. The maximum atomic E-state index is 14.3. The van der Waals surface area contributed by atoms with Gasteiger partial charge in [-0.3, -0.25) is 14.5 Å². The summed E-state index contributed by atoms with van der Waals surface area (Å²) in [6, 6.07) is 8.07. The van der Waals surface area contributed by atoms with Crippen LogP contribution < -0.4 is 0 Å². The molecule has 6 aliphatic rings. The van der Waals surface area contributed by atoms with Gasteiger partial charge in [0.1, 0.15) is 0 Å². The van der Waals surface area contributed by atoms with Gasteiger partial charge in [-0.1, -0.05) is 89.9 Å². The van der Waals surface area contributed by atoms with Gasteiger partial charge >= 0.3 is 5.97 Å². The van der Waals surface area contributed by atoms with Crippen LogP contribution in [0.1, 0.15) is 125 Å². The van der Waals surface area contributed by atoms with E-state index >= 15 is 0 Å². The number of rotatable bonds is 11. The number of Topliss-reactive ketones (excluding diaryl/α,β-unsaturated/α-hetero) is 1. The molecule has 0 radical (unpaired) electrons. The Hall–Kier alpha value is -2.25. The first kappa shape index (κ1) is 41.9. The van der Waals surface area contributed by atoms with Crippen LogP contribution in [-0.2, 0) is 16.1 Å². The number of fused-ring (bicyclic) bond motifs is 7. The van der Waals surface area contributed by atoms with Crippen molar-refractivity contribution in [3.05, 3.63) is 69.3 Å². The van der Waals surface area contributed by atoms with Crippen molar-refractivity contribution < 1.29 is 19.8 Å². The van der Waals surface area contributed by atoms with E-state index in [2.05, 4.69) is 96.6 Å². The van der Waals surface area contributed by atoms with Crippen molar-refractivity contribution in [3.8, 4) is 0 Å². The molecule has 0 bridgehead atoms. The van der Waals surface area contributed by atoms with Gasteiger partial charge in [0.25, 0.3) is 0 Å². The summed E-state index contributed by atoms with van der Waals surface area (Å²) >= 11 is 6.25. The minimum absolute atomic E-state index is 0.0233. The number of carbonyl (C=O) groups excluding carboxylic acids is 1. The zero-order chi connectivity index (χ0) is 40.6. The quantitative estimate of drug-likeness (QED) is 0.233. The molecule has 1 aromatic carbocycles. The first-order valence-corrected chi connectivity index (χ1v) is 22.4. The van der Waals surface area contributed by atoms with Gasteiger partial charge in [0, 0.05) is 43.0 Å². The van der Waals surface area contributed by atoms with E-state index in [1.54, 1.807) is 0 Å². The molecule has 2 N–H and O–H groups in total. The fourth-order valence-corrected chi connectivity index (χ4v) is 14.5. The molecule has 9 atom stereocenters. The minimum atomic E-state index is -0.663. The fraction of sp³-hybridized carbons (Fsp3) is 0.714. The summed E-state index contributed by atoms with van der Waals surface area (Å²) in [6.45, 7) is 20.2. The number of likely N-dealkylation sites (N-methyl/N-ethyl adjacent to an activating group) is 1. The maximum Gasteiger partial charge on any atom is 0.306 e. The highest BCUT2D eigenvalue weighted by molar-refractivity contribution is 6.30. The van der Waals surface area contributed by atoms with Crippen molar-refractivity contribution in [3.63, 3.8) is 0 Å². The number of aliphatic hydroxyl groups excluding tert-OH is 1. The molecule has 3 fully saturated rings. The Balaban J connectivity index is 1.20. The number of nitrogens with zero attached hydrogens (tertiary/aromatic N) is 2. The zero-order valence-corrected chi connectivity index (χ0v) is 36.8. The highest BCUT2D eigenvalue weighted by Crippen LogP contribution is 2.77. The molecule has 308 valence electrons. The van der Waals surface area contributed by atoms with Gasteiger partial charge in [-0.05, 0) is 158 Å². The predicted molar refractivity (Wildman–Crippen MR) is 227 cm³/mol. The van der Waals surface area contributed by atoms with Gasteiger partial charge in [0.15, 0.2) is 5.78 Å². The number of aliphatic hydroxyl groups is 1. The second-order valence-corrected chi connectivity index (χ2v) is 21.6. The molecular weight excluding hydrogens is 716 g/mol. The molecule has 2 unspecified atom stereocenters. The molecule has 3 saturated carbocycles. The van der Waals surface area contributed by atoms with Gasteiger partial charge in [-0.25, -0.2) is 0 Å². The Morgan fingerprint density at radius 1 is 0.911 bits per heavy atom. The molecule has 0 spiro atoms. The number of hydrogen-bond donors (Lipinski definition) is 2. The molecule has 6 nitrogen and oxygen atoms in total. The Morgan fingerprint density at radius 3 is 2.25 bits per heavy atom. The number of ketones is 1. The lowest BCUT2D eigenvalue weighted by molar-refractivity contribution is -0.202. The third-order valence-electron chi connectivity index (χ3n) is 17.4. The third-order valence-corrected chi connectivity index (χ3v) is 17.7. The van der Waals surface area contributed by atoms with Crippen LogP contribution in [0.2, 0.25) is 5.02 Å². The van der Waals surface area contributed by atoms with E-state index in [1.165, 1.54) is 35.1 Å². The Labute approximate surface area is 343 Å². The summed E-state index contributed by atoms with van der Waals surface area (Å²) in [5.74, 6) is 0.914. The van der Waals surface area contributed by atoms with E-state index < -0.39 is 17.5 Å². The molecule has 0 saturated heterocycles. The van der Waals surface area contributed by atoms with E-state index in [0.717, 1.165) is 75.2 Å². The highest BCUT2D eigenvalue weighted by Gasteiger charge is 2.70. The molecule has 0 aromatic heterocycles. The molecule has 56 heavy (non-hydrogen) atoms. The number of hydrogen-bond acceptors (Lipinski definition) is 5. The van der Waals surface area contributed by atoms with Gasteiger partial charge in [0.05, 0.1) is 12.0 Å². The number of carboxylic acids is 1. The lowest BCUT2D eigenvalue weighted by atomic mass is 9.33. The topological polar surface area (TPSA) is 81.1 Å². The Bertz CT molecular complexity index is 1790. The standard InChI is InChI=1S/C49H71ClN2O4/c1-31(2)42-38(53)28-49(41(54)30-52(27-26-51(8)9)29-32-10-16-35(50)17-11-32)25-24-47(6)37(43(42)49)18-19-40-46(5)22-20-36(33-12-14-34(15-13-33)44(55)56)45(3,4)39(46)21-23-48(40,47)7/h10-12,16-17,20,31,34,37,39-41,54H,13-15,18-19,21-30H2,1-9H3,(H,55,56)/t34?,37-,39?,40-,41+,46+,47-,48-,49+/m1/s1. The molecule has 0 heterocycles. The van der Waals surface area contributed by atoms with Gasteiger partial charge in [-0.15, -0.1) is 0 Å². The monoisotopic (exact) mass is 787 g/mol. The van der Waals surface area contributed by atoms with Crippen molar-refractivity contribution in [1.82, 2.24) is 9.80 Å². The van der Waals surface area contributed by atoms with Gasteiger partial charge in [-0.2, -0.15) is 0 Å². The number of carboxylic acid groups (broad SMARTS) is 1. The van der Waals surface area contributed by atoms with Crippen LogP contribution in [0.3, 0.4) is 0 Å². The van der Waals surface area contributed by atoms with Crippen LogP contribution >= 0.6 is 11.6 Å². The van der Waals surface area contributed by atoms with Crippen molar-refractivity contribution in [2.45, 2.75) is 132 Å². The van der Waals surface area contributed by atoms with Crippen molar-refractivity contribution in [1.29, 1.82) is 0 Å². The van der Waals surface area contributed by atoms with Crippen LogP contribution in [0, 0.1) is 56.7 Å². The van der Waals surface area contributed by atoms with Crippen LogP contribution in [0.5, 0.6) is 0 Å². The lowest BCUT2D eigenvalue weighted by Crippen LogP contribution is -2.65. The number of halogens is 1. The van der Waals surface area contributed by atoms with Gasteiger partial charge in [0.2, 0.25) is 0 Å². The number of aliphatic carboxylic acids is 1. The number of allylic oxidation sites excluding steroid dienone is 5. The number of benzene rings is 1. The first-order chi connectivity index (χ1) is 26.3. The molecule has 0 amide bonds. The zero-order valence-electron chi connectivity index (χ0n) is 36.0. The highest BCUT2D eigenvalue weighted by atomic mass is 35.5. The van der Waals surface area contributed by atoms with E-state index in [0.29, 0.717) is 37.1 Å². The van der Waals surface area contributed by atoms with Crippen LogP contribution in [0.4, 0.5) is 0 Å². The average Bonchev–Trinajstić information content (AvgIpc) is 3.45. The van der Waals surface area contributed by atoms with E-state index in [9.17, 15) is 19.8 Å². The molecule has 7 rings (SSSR count). The Kier molecular flexibility index (Phi) is 11.3. The minimum Gasteiger partial charge on any atom is -0.481 e. The summed E-state index contributed by atoms with van der Waals surface area (Å²) in [5.41, 5.74) is 6.27. The SMILES string of the molecule is CC(C)C1=C2[C@H]3CC[C@@H]4[C@@]5(C)CC=C(C6=CCC(C(=O)O)CC6)C(C)(C)C5CC[C@@]4(C)[C@]3(C)CC[C@@]2([C@@H](O)CN(CCN(C)C)Cc2ccc(Cl)cc2)CC1=O. The predicted octanol–water partition coefficient (Wildman–Crippen LogP) is 10.4. The molecular formula is C49H71ClN2O4. The van der Waals surface area contributed by atoms with Crippen molar-refractivity contribution in [2.24, 2.45) is 56.7 Å². The van der Waals surface area contributed by atoms with Crippen LogP contribution in [0.25, 0.3) is 0 Å². The third kappa shape index (κ3) is 6.73. The number of carbonyl (C=O) groups is 2. The first-order valence-electron chi connectivity index (χ1n) is 22.0. The lowest BCUT2D eigenvalue weighted by Gasteiger charge is -2.71. The summed E-state index contributed by atoms with van der Waals surface area (Å²) in [4.78, 5) is 30.7. The van der Waals surface area contributed by atoms with E-state index in [4.69, 9.17) is 11.6 Å². The van der Waals surface area contributed by atoms with E-state index in [1.807, 2.05) is 12.1 Å². The van der Waals surface area contributed by atoms with Crippen LogP contribution in [-0.4, -0.2) is 71.6 Å². The second-order valence-electron chi connectivity index (χ2n) is 21.1. The molecule has 6 aliphatic carbocycles. The maximum absolute atomic E-state index is 14.3. The smallest absolute Gasteiger partial charge is 0.306 e. The largest absolute Gasteiger partial charge is 0.481 e. The van der Waals surface area contributed by atoms with E-state index in [-0.39, 0.29) is 39.3 Å². The molecule has 7 heteroatoms. The molecule has 0 aliphatic heterocycles. The Morgan fingerprint density at radius 2 is 1.62 bits per heavy atom. The summed E-state index contributed by atoms with van der Waals surface area (Å²) in [5, 5.41) is 23.1. The van der Waals surface area contributed by atoms with Crippen molar-refractivity contribution >= 4 is 23.4 Å². The fourth-order valence-electron chi connectivity index (χ4n) is 14.4. The summed E-state index contributed by atoms with van der Waals surface area (Å²) < 4.78 is 0. The normalized spacial score (nSPS) is 37.1. The van der Waals surface area contributed by atoms with Crippen molar-refractivity contribution in [2.75, 3.05) is 33.7 Å². The van der Waals surface area contributed by atoms with Gasteiger partial charge < -0.3 is 15.1 Å².